The number of hydrogen-bond acceptors (Lipinski definition) is 25. The van der Waals surface area contributed by atoms with E-state index >= 15 is 0 Å². The Bertz CT molecular complexity index is 901. The fraction of sp³-hybridized carbons (Fsp3) is 1.00. The first-order chi connectivity index (χ1) is 25.4. The molecule has 4 aliphatic heterocycles. The van der Waals surface area contributed by atoms with E-state index < -0.39 is 135 Å². The molecule has 4 heterocycles. The van der Waals surface area contributed by atoms with Crippen LogP contribution < -0.4 is 0 Å². The van der Waals surface area contributed by atoms with Crippen LogP contribution in [0.25, 0.3) is 0 Å². The summed E-state index contributed by atoms with van der Waals surface area (Å²) < 4.78 is 30.3. The van der Waals surface area contributed by atoms with Crippen LogP contribution in [0.1, 0.15) is 6.92 Å². The molecule has 0 aromatic carbocycles. The van der Waals surface area contributed by atoms with Crippen molar-refractivity contribution in [2.24, 2.45) is 5.92 Å². The lowest BCUT2D eigenvalue weighted by Crippen LogP contribution is -2.59. The van der Waals surface area contributed by atoms with Crippen LogP contribution in [0.2, 0.25) is 0 Å². The zero-order valence-corrected chi connectivity index (χ0v) is 32.7. The molecule has 0 amide bonds. The first kappa shape index (κ1) is 52.6. The van der Waals surface area contributed by atoms with Crippen LogP contribution >= 0.6 is 50.5 Å². The molecule has 0 bridgehead atoms. The minimum atomic E-state index is -1.39. The standard InChI is InChI=1S/2C8H16O6S.C7H14O4S.C6H12O5S/c2*9-3-4-5(10)6(11)7(12)8(14-4)13-1-2-15;1-3-5(9)6(10)4(2-8)11-7(3)12;7-1-2-3(8)4(9)5(10)6(12)11-2/h2*4-12,15H,1-3H2;3-10,12H,2H2,1H3;2-10,12H,1H2/t4?,5-,6+,7+,8?;4?,5-,6-,7-,8?;3-,4?,5+,6-,7?;2?,3-,4-,5-,6?/m1000/s1. The maximum absolute atomic E-state index is 9.48. The molecule has 0 radical (unpaired) electrons. The van der Waals surface area contributed by atoms with Gasteiger partial charge in [0.25, 0.3) is 0 Å². The van der Waals surface area contributed by atoms with Crippen LogP contribution in [-0.2, 0) is 28.4 Å². The molecule has 4 saturated heterocycles. The average Bonchev–Trinajstić information content (AvgIpc) is 3.17. The molecule has 0 saturated carbocycles. The van der Waals surface area contributed by atoms with Crippen molar-refractivity contribution in [1.82, 2.24) is 0 Å². The van der Waals surface area contributed by atoms with Crippen molar-refractivity contribution < 1.29 is 105 Å². The molecule has 4 fully saturated rings. The van der Waals surface area contributed by atoms with E-state index in [-0.39, 0.29) is 25.7 Å². The molecule has 15 N–H and O–H groups in total. The highest BCUT2D eigenvalue weighted by Gasteiger charge is 2.45. The monoisotopic (exact) mass is 870 g/mol. The number of rotatable bonds is 10. The average molecular weight is 871 g/mol. The summed E-state index contributed by atoms with van der Waals surface area (Å²) >= 11 is 15.7. The number of aliphatic hydroxyl groups is 15. The summed E-state index contributed by atoms with van der Waals surface area (Å²) in [5, 5.41) is 138. The zero-order valence-electron chi connectivity index (χ0n) is 29.2. The van der Waals surface area contributed by atoms with Gasteiger partial charge in [-0.1, -0.05) is 6.92 Å². The van der Waals surface area contributed by atoms with Crippen molar-refractivity contribution in [3.05, 3.63) is 0 Å². The third-order valence-corrected chi connectivity index (χ3v) is 9.91. The minimum Gasteiger partial charge on any atom is -0.394 e. The first-order valence-electron chi connectivity index (χ1n) is 16.7. The minimum absolute atomic E-state index is 0.230. The van der Waals surface area contributed by atoms with E-state index in [0.717, 1.165) is 0 Å². The van der Waals surface area contributed by atoms with Gasteiger partial charge in [-0.3, -0.25) is 0 Å². The summed E-state index contributed by atoms with van der Waals surface area (Å²) in [4.78, 5) is 0. The van der Waals surface area contributed by atoms with Gasteiger partial charge in [0.2, 0.25) is 0 Å². The topological polar surface area (TPSA) is 359 Å². The summed E-state index contributed by atoms with van der Waals surface area (Å²) in [6.45, 7) is 0.595. The van der Waals surface area contributed by atoms with Crippen molar-refractivity contribution in [1.29, 1.82) is 0 Å². The molecule has 20 atom stereocenters. The highest BCUT2D eigenvalue weighted by molar-refractivity contribution is 7.81. The predicted molar refractivity (Wildman–Crippen MR) is 196 cm³/mol. The van der Waals surface area contributed by atoms with E-state index in [0.29, 0.717) is 11.5 Å². The van der Waals surface area contributed by atoms with Crippen molar-refractivity contribution in [2.75, 3.05) is 51.1 Å². The summed E-state index contributed by atoms with van der Waals surface area (Å²) in [5.74, 6) is 0.649. The van der Waals surface area contributed by atoms with Crippen molar-refractivity contribution >= 4 is 50.5 Å². The normalized spacial score (nSPS) is 45.1. The molecule has 4 rings (SSSR count). The molecule has 8 unspecified atom stereocenters. The van der Waals surface area contributed by atoms with Crippen LogP contribution in [0.3, 0.4) is 0 Å². The molecule has 0 aliphatic carbocycles. The van der Waals surface area contributed by atoms with Crippen molar-refractivity contribution in [3.63, 3.8) is 0 Å². The molecule has 0 spiro atoms. The summed E-state index contributed by atoms with van der Waals surface area (Å²) in [7, 11) is 0. The molecule has 0 aromatic heterocycles. The van der Waals surface area contributed by atoms with Crippen LogP contribution in [0, 0.1) is 5.92 Å². The largest absolute Gasteiger partial charge is 0.394 e. The summed E-state index contributed by atoms with van der Waals surface area (Å²) in [6.07, 6.45) is -19.4. The van der Waals surface area contributed by atoms with Gasteiger partial charge >= 0.3 is 0 Å². The Morgan fingerprint density at radius 2 is 0.704 bits per heavy atom. The second kappa shape index (κ2) is 26.6. The van der Waals surface area contributed by atoms with E-state index in [2.05, 4.69) is 50.5 Å². The Morgan fingerprint density at radius 1 is 0.407 bits per heavy atom. The molecule has 0 aromatic rings. The SMILES string of the molecule is C[C@@H]1C(S)OC(CO)[C@H](O)[C@@H]1O.OCC1OC(OCCS)[C@@H](O)[C@@H](O)[C@@H]1O.OCC1OC(OCCS)[C@@H](O)[C@@H](O)[C@H]1O.OCC1OC(S)[C@@H](O)[C@@H](O)[C@H]1O. The van der Waals surface area contributed by atoms with Crippen LogP contribution in [0.5, 0.6) is 0 Å². The summed E-state index contributed by atoms with van der Waals surface area (Å²) in [5.41, 5.74) is -1.30. The van der Waals surface area contributed by atoms with E-state index in [1.54, 1.807) is 6.92 Å². The van der Waals surface area contributed by atoms with E-state index in [4.69, 9.17) is 54.0 Å². The van der Waals surface area contributed by atoms with Crippen molar-refractivity contribution in [2.45, 2.75) is 122 Å². The fourth-order valence-electron chi connectivity index (χ4n) is 5.06. The molecule has 54 heavy (non-hydrogen) atoms. The smallest absolute Gasteiger partial charge is 0.186 e. The lowest BCUT2D eigenvalue weighted by Gasteiger charge is -2.39. The fourth-order valence-corrected chi connectivity index (χ4v) is 5.94. The van der Waals surface area contributed by atoms with E-state index in [1.807, 2.05) is 0 Å². The molecular formula is C29H58O21S4. The van der Waals surface area contributed by atoms with E-state index in [1.165, 1.54) is 0 Å². The zero-order chi connectivity index (χ0) is 41.4. The van der Waals surface area contributed by atoms with Gasteiger partial charge in [-0.15, -0.1) is 25.3 Å². The molecule has 21 nitrogen and oxygen atoms in total. The highest BCUT2D eigenvalue weighted by Crippen LogP contribution is 2.28. The van der Waals surface area contributed by atoms with Gasteiger partial charge in [0.05, 0.1) is 45.7 Å². The van der Waals surface area contributed by atoms with Gasteiger partial charge in [0.15, 0.2) is 12.6 Å². The lowest BCUT2D eigenvalue weighted by atomic mass is 9.94. The van der Waals surface area contributed by atoms with Gasteiger partial charge in [-0.2, -0.15) is 25.3 Å². The van der Waals surface area contributed by atoms with Gasteiger partial charge in [0, 0.05) is 17.4 Å². The molecule has 4 aliphatic rings. The number of aliphatic hydroxyl groups excluding tert-OH is 15. The number of hydrogen-bond donors (Lipinski definition) is 19. The Labute approximate surface area is 333 Å². The summed E-state index contributed by atoms with van der Waals surface area (Å²) in [6, 6.07) is 0. The van der Waals surface area contributed by atoms with Gasteiger partial charge < -0.3 is 105 Å². The highest BCUT2D eigenvalue weighted by atomic mass is 32.1. The molecule has 324 valence electrons. The molecular weight excluding hydrogens is 813 g/mol. The Balaban J connectivity index is 0.000000362. The van der Waals surface area contributed by atoms with Gasteiger partial charge in [-0.25, -0.2) is 0 Å². The quantitative estimate of drug-likeness (QED) is 0.0907. The van der Waals surface area contributed by atoms with Gasteiger partial charge in [-0.05, 0) is 0 Å². The van der Waals surface area contributed by atoms with E-state index in [9.17, 15) is 51.1 Å². The second-order valence-electron chi connectivity index (χ2n) is 12.4. The first-order valence-corrected chi connectivity index (χ1v) is 19.0. The maximum Gasteiger partial charge on any atom is 0.186 e. The maximum atomic E-state index is 9.48. The third kappa shape index (κ3) is 15.0. The third-order valence-electron chi connectivity index (χ3n) is 8.52. The van der Waals surface area contributed by atoms with Crippen LogP contribution in [-0.4, -0.2) is 243 Å². The number of ether oxygens (including phenoxy) is 6. The Kier molecular flexibility index (Phi) is 25.9. The number of thiol groups is 4. The van der Waals surface area contributed by atoms with Crippen LogP contribution in [0.15, 0.2) is 0 Å². The molecule has 25 heteroatoms. The lowest BCUT2D eigenvalue weighted by molar-refractivity contribution is -0.299. The predicted octanol–water partition coefficient (Wildman–Crippen LogP) is -7.83. The van der Waals surface area contributed by atoms with Gasteiger partial charge in [0.1, 0.15) is 96.3 Å². The second-order valence-corrected chi connectivity index (χ2v) is 14.3. The van der Waals surface area contributed by atoms with Crippen LogP contribution in [0.4, 0.5) is 0 Å². The van der Waals surface area contributed by atoms with Crippen molar-refractivity contribution in [3.8, 4) is 0 Å². The Hall–Kier alpha value is 0.560. The Morgan fingerprint density at radius 3 is 1.04 bits per heavy atom.